The molecular formula is C11H15N3S. The van der Waals surface area contributed by atoms with E-state index < -0.39 is 0 Å². The monoisotopic (exact) mass is 221 g/mol. The lowest BCUT2D eigenvalue weighted by Gasteiger charge is -2.25. The molecule has 1 unspecified atom stereocenters. The fraction of sp³-hybridized carbons (Fsp3) is 0.364. The smallest absolute Gasteiger partial charge is 0.137 e. The third-order valence-electron chi connectivity index (χ3n) is 2.70. The zero-order chi connectivity index (χ0) is 10.8. The summed E-state index contributed by atoms with van der Waals surface area (Å²) in [5.74, 6) is 1.02. The molecule has 1 atom stereocenters. The minimum absolute atomic E-state index is 0.308. The molecule has 0 aliphatic heterocycles. The number of thiophene rings is 1. The number of hydrogen-bond donors (Lipinski definition) is 1. The van der Waals surface area contributed by atoms with Crippen molar-refractivity contribution in [3.05, 3.63) is 23.7 Å². The molecule has 15 heavy (non-hydrogen) atoms. The second-order valence-corrected chi connectivity index (χ2v) is 4.61. The van der Waals surface area contributed by atoms with Crippen LogP contribution in [0.1, 0.15) is 6.92 Å². The number of fused-ring (bicyclic) bond motifs is 1. The van der Waals surface area contributed by atoms with Crippen molar-refractivity contribution in [2.75, 3.05) is 18.5 Å². The van der Waals surface area contributed by atoms with Crippen LogP contribution in [0.5, 0.6) is 0 Å². The van der Waals surface area contributed by atoms with Crippen LogP contribution in [0.15, 0.2) is 23.7 Å². The predicted octanol–water partition coefficient (Wildman–Crippen LogP) is 2.08. The van der Waals surface area contributed by atoms with E-state index in [1.54, 1.807) is 11.3 Å². The molecule has 0 amide bonds. The third kappa shape index (κ3) is 1.82. The van der Waals surface area contributed by atoms with Crippen LogP contribution in [-0.2, 0) is 0 Å². The summed E-state index contributed by atoms with van der Waals surface area (Å²) >= 11 is 1.74. The molecule has 4 heteroatoms. The fourth-order valence-electron chi connectivity index (χ4n) is 1.53. The minimum atomic E-state index is 0.308. The van der Waals surface area contributed by atoms with E-state index in [9.17, 15) is 0 Å². The van der Waals surface area contributed by atoms with Gasteiger partial charge in [0, 0.05) is 35.9 Å². The lowest BCUT2D eigenvalue weighted by Crippen LogP contribution is -2.35. The van der Waals surface area contributed by atoms with E-state index >= 15 is 0 Å². The summed E-state index contributed by atoms with van der Waals surface area (Å²) in [6.07, 6.45) is 1.86. The van der Waals surface area contributed by atoms with Gasteiger partial charge in [0.2, 0.25) is 0 Å². The zero-order valence-corrected chi connectivity index (χ0v) is 9.79. The number of likely N-dealkylation sites (N-methyl/N-ethyl adjacent to an activating group) is 1. The molecule has 2 aromatic heterocycles. The highest BCUT2D eigenvalue weighted by molar-refractivity contribution is 7.17. The van der Waals surface area contributed by atoms with Crippen molar-refractivity contribution in [3.63, 3.8) is 0 Å². The first-order chi connectivity index (χ1) is 7.24. The van der Waals surface area contributed by atoms with E-state index in [4.69, 9.17) is 5.73 Å². The Bertz CT molecular complexity index is 452. The maximum Gasteiger partial charge on any atom is 0.137 e. The second-order valence-electron chi connectivity index (χ2n) is 3.66. The van der Waals surface area contributed by atoms with Gasteiger partial charge in [0.05, 0.1) is 0 Å². The highest BCUT2D eigenvalue weighted by atomic mass is 32.1. The van der Waals surface area contributed by atoms with Crippen molar-refractivity contribution >= 4 is 27.2 Å². The van der Waals surface area contributed by atoms with Crippen molar-refractivity contribution in [2.24, 2.45) is 5.73 Å². The van der Waals surface area contributed by atoms with Crippen LogP contribution in [-0.4, -0.2) is 24.6 Å². The van der Waals surface area contributed by atoms with E-state index in [-0.39, 0.29) is 0 Å². The normalized spacial score (nSPS) is 13.0. The van der Waals surface area contributed by atoms with Crippen molar-refractivity contribution < 1.29 is 0 Å². The van der Waals surface area contributed by atoms with Crippen molar-refractivity contribution in [1.29, 1.82) is 0 Å². The Kier molecular flexibility index (Phi) is 2.88. The summed E-state index contributed by atoms with van der Waals surface area (Å²) in [6, 6.07) is 4.47. The number of hydrogen-bond acceptors (Lipinski definition) is 4. The molecule has 2 aromatic rings. The van der Waals surface area contributed by atoms with Gasteiger partial charge >= 0.3 is 0 Å². The largest absolute Gasteiger partial charge is 0.355 e. The van der Waals surface area contributed by atoms with Crippen LogP contribution in [0.25, 0.3) is 10.1 Å². The fourth-order valence-corrected chi connectivity index (χ4v) is 2.30. The number of rotatable bonds is 3. The zero-order valence-electron chi connectivity index (χ0n) is 8.97. The van der Waals surface area contributed by atoms with Crippen LogP contribution in [0.2, 0.25) is 0 Å². The van der Waals surface area contributed by atoms with Gasteiger partial charge in [-0.05, 0) is 24.4 Å². The number of aromatic nitrogens is 1. The molecule has 2 rings (SSSR count). The average molecular weight is 221 g/mol. The summed E-state index contributed by atoms with van der Waals surface area (Å²) in [5, 5.41) is 3.31. The van der Waals surface area contributed by atoms with Crippen LogP contribution in [0, 0.1) is 0 Å². The minimum Gasteiger partial charge on any atom is -0.355 e. The molecule has 0 radical (unpaired) electrons. The highest BCUT2D eigenvalue weighted by Gasteiger charge is 2.12. The molecule has 80 valence electrons. The predicted molar refractivity (Wildman–Crippen MR) is 66.5 cm³/mol. The van der Waals surface area contributed by atoms with Gasteiger partial charge in [-0.1, -0.05) is 0 Å². The van der Waals surface area contributed by atoms with Gasteiger partial charge in [0.25, 0.3) is 0 Å². The molecule has 2 heterocycles. The third-order valence-corrected chi connectivity index (χ3v) is 3.58. The Morgan fingerprint density at radius 2 is 2.33 bits per heavy atom. The first-order valence-corrected chi connectivity index (χ1v) is 5.87. The highest BCUT2D eigenvalue weighted by Crippen LogP contribution is 2.28. The molecular weight excluding hydrogens is 206 g/mol. The lowest BCUT2D eigenvalue weighted by molar-refractivity contribution is 0.690. The number of nitrogens with two attached hydrogens (primary N) is 1. The van der Waals surface area contributed by atoms with Crippen molar-refractivity contribution in [3.8, 4) is 0 Å². The van der Waals surface area contributed by atoms with Crippen LogP contribution in [0.4, 0.5) is 5.82 Å². The molecule has 3 nitrogen and oxygen atoms in total. The lowest BCUT2D eigenvalue weighted by atomic mass is 10.2. The molecule has 0 bridgehead atoms. The SMILES string of the molecule is CC(CN)N(C)c1nccc2sccc12. The molecule has 0 aliphatic carbocycles. The van der Waals surface area contributed by atoms with E-state index in [1.807, 2.05) is 19.3 Å². The van der Waals surface area contributed by atoms with E-state index in [1.165, 1.54) is 10.1 Å². The first kappa shape index (κ1) is 10.4. The molecule has 0 fully saturated rings. The van der Waals surface area contributed by atoms with Gasteiger partial charge in [-0.25, -0.2) is 4.98 Å². The van der Waals surface area contributed by atoms with Gasteiger partial charge in [0.1, 0.15) is 5.82 Å². The summed E-state index contributed by atoms with van der Waals surface area (Å²) in [7, 11) is 2.04. The second kappa shape index (κ2) is 4.16. The average Bonchev–Trinajstić information content (AvgIpc) is 2.74. The van der Waals surface area contributed by atoms with Crippen LogP contribution < -0.4 is 10.6 Å². The van der Waals surface area contributed by atoms with Gasteiger partial charge in [0.15, 0.2) is 0 Å². The first-order valence-electron chi connectivity index (χ1n) is 4.99. The molecule has 0 spiro atoms. The Morgan fingerprint density at radius 1 is 1.53 bits per heavy atom. The number of nitrogens with zero attached hydrogens (tertiary/aromatic N) is 2. The maximum atomic E-state index is 5.66. The molecule has 0 aromatic carbocycles. The molecule has 0 saturated carbocycles. The van der Waals surface area contributed by atoms with Gasteiger partial charge < -0.3 is 10.6 Å². The van der Waals surface area contributed by atoms with Gasteiger partial charge in [-0.2, -0.15) is 0 Å². The Balaban J connectivity index is 2.46. The quantitative estimate of drug-likeness (QED) is 0.863. The van der Waals surface area contributed by atoms with E-state index in [0.29, 0.717) is 12.6 Å². The van der Waals surface area contributed by atoms with Crippen LogP contribution in [0.3, 0.4) is 0 Å². The summed E-state index contributed by atoms with van der Waals surface area (Å²) in [5.41, 5.74) is 5.66. The number of pyridine rings is 1. The van der Waals surface area contributed by atoms with Gasteiger partial charge in [-0.15, -0.1) is 11.3 Å². The Morgan fingerprint density at radius 3 is 3.07 bits per heavy atom. The van der Waals surface area contributed by atoms with E-state index in [0.717, 1.165) is 5.82 Å². The summed E-state index contributed by atoms with van der Waals surface area (Å²) in [4.78, 5) is 6.56. The molecule has 2 N–H and O–H groups in total. The summed E-state index contributed by atoms with van der Waals surface area (Å²) < 4.78 is 1.27. The standard InChI is InChI=1S/C11H15N3S/c1-8(7-12)14(2)11-9-4-6-15-10(9)3-5-13-11/h3-6,8H,7,12H2,1-2H3. The topological polar surface area (TPSA) is 42.1 Å². The van der Waals surface area contributed by atoms with E-state index in [2.05, 4.69) is 28.3 Å². The molecule has 0 saturated heterocycles. The summed E-state index contributed by atoms with van der Waals surface area (Å²) in [6.45, 7) is 2.74. The van der Waals surface area contributed by atoms with Crippen LogP contribution >= 0.6 is 11.3 Å². The van der Waals surface area contributed by atoms with Crippen molar-refractivity contribution in [1.82, 2.24) is 4.98 Å². The maximum absolute atomic E-state index is 5.66. The van der Waals surface area contributed by atoms with Gasteiger partial charge in [-0.3, -0.25) is 0 Å². The molecule has 0 aliphatic rings. The Hall–Kier alpha value is -1.13. The number of anilines is 1. The van der Waals surface area contributed by atoms with Crippen molar-refractivity contribution in [2.45, 2.75) is 13.0 Å². The Labute approximate surface area is 93.5 Å².